The smallest absolute Gasteiger partial charge is 0.264 e. The van der Waals surface area contributed by atoms with Gasteiger partial charge in [-0.2, -0.15) is 0 Å². The number of anilines is 6. The second kappa shape index (κ2) is 17.9. The van der Waals surface area contributed by atoms with Crippen molar-refractivity contribution in [2.24, 2.45) is 0 Å². The van der Waals surface area contributed by atoms with Gasteiger partial charge in [0.25, 0.3) is 6.71 Å². The Hall–Kier alpha value is -5.62. The summed E-state index contributed by atoms with van der Waals surface area (Å²) in [5.74, 6) is -0.0186. The predicted octanol–water partition coefficient (Wildman–Crippen LogP) is 19.1. The van der Waals surface area contributed by atoms with Crippen LogP contribution in [-0.2, 0) is 37.9 Å². The van der Waals surface area contributed by atoms with Crippen LogP contribution in [0.4, 0.5) is 34.1 Å². The fourth-order valence-electron chi connectivity index (χ4n) is 15.6. The van der Waals surface area contributed by atoms with Gasteiger partial charge in [-0.25, -0.2) is 0 Å². The van der Waals surface area contributed by atoms with Crippen molar-refractivity contribution < 1.29 is 0 Å². The Bertz CT molecular complexity index is 3870. The molecule has 0 N–H and O–H groups in total. The molecule has 0 radical (unpaired) electrons. The van der Waals surface area contributed by atoms with Crippen molar-refractivity contribution in [1.29, 1.82) is 0 Å². The zero-order valence-corrected chi connectivity index (χ0v) is 54.2. The molecule has 81 heavy (non-hydrogen) atoms. The highest BCUT2D eigenvalue weighted by atomic mass is 32.1. The van der Waals surface area contributed by atoms with E-state index in [4.69, 9.17) is 0 Å². The third-order valence-corrected chi connectivity index (χ3v) is 24.6. The van der Waals surface area contributed by atoms with E-state index in [0.29, 0.717) is 0 Å². The van der Waals surface area contributed by atoms with E-state index in [9.17, 15) is 0 Å². The highest BCUT2D eigenvalue weighted by molar-refractivity contribution is 7.33. The summed E-state index contributed by atoms with van der Waals surface area (Å²) < 4.78 is 2.82. The van der Waals surface area contributed by atoms with Gasteiger partial charge >= 0.3 is 0 Å². The molecule has 1 unspecified atom stereocenters. The Morgan fingerprint density at radius 1 is 0.457 bits per heavy atom. The molecule has 0 fully saturated rings. The highest BCUT2D eigenvalue weighted by Crippen LogP contribution is 2.56. The molecule has 8 aromatic rings. The molecule has 7 aromatic carbocycles. The number of rotatable bonds is 6. The molecule has 0 bridgehead atoms. The molecular formula is C76H89BN2SSi. The molecule has 0 saturated heterocycles. The van der Waals surface area contributed by atoms with Gasteiger partial charge in [-0.15, -0.1) is 11.3 Å². The fraction of sp³-hybridized carbons (Fsp3) is 0.421. The summed E-state index contributed by atoms with van der Waals surface area (Å²) in [4.78, 5) is 5.58. The Morgan fingerprint density at radius 3 is 1.44 bits per heavy atom. The van der Waals surface area contributed by atoms with E-state index in [2.05, 4.69) is 278 Å². The third kappa shape index (κ3) is 8.64. The van der Waals surface area contributed by atoms with E-state index < -0.39 is 8.07 Å². The minimum atomic E-state index is -1.58. The van der Waals surface area contributed by atoms with Crippen LogP contribution in [0.1, 0.15) is 204 Å². The molecule has 3 heterocycles. The zero-order chi connectivity index (χ0) is 57.5. The largest absolute Gasteiger partial charge is 0.311 e. The molecule has 0 spiro atoms. The normalized spacial score (nSPS) is 19.9. The summed E-state index contributed by atoms with van der Waals surface area (Å²) in [6.45, 7) is 44.5. The molecule has 416 valence electrons. The van der Waals surface area contributed by atoms with E-state index in [1.807, 2.05) is 0 Å². The second-order valence-electron chi connectivity index (χ2n) is 31.8. The Balaban J connectivity index is 1.21. The van der Waals surface area contributed by atoms with Crippen molar-refractivity contribution in [3.8, 4) is 0 Å². The third-order valence-electron chi connectivity index (χ3n) is 21.3. The lowest BCUT2D eigenvalue weighted by molar-refractivity contribution is 0.332. The van der Waals surface area contributed by atoms with Crippen LogP contribution in [0.2, 0.25) is 19.6 Å². The van der Waals surface area contributed by atoms with Gasteiger partial charge in [0, 0.05) is 49.2 Å². The van der Waals surface area contributed by atoms with Crippen molar-refractivity contribution >= 4 is 91.2 Å². The van der Waals surface area contributed by atoms with E-state index in [0.717, 1.165) is 12.8 Å². The van der Waals surface area contributed by atoms with E-state index in [1.165, 1.54) is 146 Å². The van der Waals surface area contributed by atoms with Gasteiger partial charge in [0.05, 0.1) is 13.8 Å². The summed E-state index contributed by atoms with van der Waals surface area (Å²) >= 11 is 2.05. The first-order valence-corrected chi connectivity index (χ1v) is 35.2. The molecule has 3 aliphatic carbocycles. The predicted molar refractivity (Wildman–Crippen MR) is 357 cm³/mol. The quantitative estimate of drug-likeness (QED) is 0.121. The standard InChI is InChI=1S/C76H89BN2SSi/c1-70(2,3)50-26-33-65-54(42-50)68-69(80-65)77-61-45-59-60(76(14,15)39-38-75(59,12)13)46-62(61)78(51-27-31-55-57(43-51)73(8,9)36-34-71(55,4)5)63-40-49(66(47-22-20-19-21-23-47)48-24-29-53(30-25-48)81(16,17)18)41-64(67(63)77)79(68)52-28-32-56-58(44-52)74(10,11)37-35-72(56,6)7/h19-33,40-46,66H,34-39H2,1-18H3. The molecular weight excluding hydrogens is 1010 g/mol. The number of benzene rings is 7. The molecule has 0 saturated carbocycles. The van der Waals surface area contributed by atoms with Gasteiger partial charge in [-0.1, -0.05) is 208 Å². The Morgan fingerprint density at radius 2 is 0.926 bits per heavy atom. The molecule has 2 nitrogen and oxygen atoms in total. The van der Waals surface area contributed by atoms with E-state index in [1.54, 1.807) is 0 Å². The maximum atomic E-state index is 2.79. The van der Waals surface area contributed by atoms with Gasteiger partial charge < -0.3 is 9.80 Å². The van der Waals surface area contributed by atoms with E-state index >= 15 is 0 Å². The molecule has 2 aliphatic heterocycles. The van der Waals surface area contributed by atoms with E-state index in [-0.39, 0.29) is 50.5 Å². The van der Waals surface area contributed by atoms with Gasteiger partial charge in [0.15, 0.2) is 0 Å². The van der Waals surface area contributed by atoms with Crippen LogP contribution >= 0.6 is 11.3 Å². The van der Waals surface area contributed by atoms with Crippen molar-refractivity contribution in [3.05, 3.63) is 189 Å². The van der Waals surface area contributed by atoms with Crippen molar-refractivity contribution in [2.45, 2.75) is 206 Å². The maximum Gasteiger partial charge on any atom is 0.264 e. The average Bonchev–Trinajstić information content (AvgIpc) is 2.07. The van der Waals surface area contributed by atoms with Crippen molar-refractivity contribution in [1.82, 2.24) is 0 Å². The Kier molecular flexibility index (Phi) is 12.1. The van der Waals surface area contributed by atoms with Gasteiger partial charge in [-0.05, 0) is 198 Å². The average molecular weight is 1100 g/mol. The topological polar surface area (TPSA) is 6.48 Å². The molecule has 13 rings (SSSR count). The first kappa shape index (κ1) is 54.6. The van der Waals surface area contributed by atoms with Crippen LogP contribution in [0.5, 0.6) is 0 Å². The molecule has 0 amide bonds. The van der Waals surface area contributed by atoms with Crippen LogP contribution in [0.3, 0.4) is 0 Å². The summed E-state index contributed by atoms with van der Waals surface area (Å²) in [5.41, 5.74) is 25.4. The van der Waals surface area contributed by atoms with Crippen LogP contribution in [-0.4, -0.2) is 14.8 Å². The zero-order valence-electron chi connectivity index (χ0n) is 52.4. The monoisotopic (exact) mass is 1100 g/mol. The summed E-state index contributed by atoms with van der Waals surface area (Å²) in [6.07, 6.45) is 7.04. The lowest BCUT2D eigenvalue weighted by atomic mass is 9.35. The van der Waals surface area contributed by atoms with Crippen LogP contribution in [0, 0.1) is 0 Å². The van der Waals surface area contributed by atoms with Gasteiger partial charge in [-0.3, -0.25) is 0 Å². The summed E-state index contributed by atoms with van der Waals surface area (Å²) in [5, 5.41) is 2.86. The molecule has 5 heteroatoms. The van der Waals surface area contributed by atoms with Crippen LogP contribution in [0.15, 0.2) is 133 Å². The first-order chi connectivity index (χ1) is 37.9. The number of thiophene rings is 1. The van der Waals surface area contributed by atoms with Crippen LogP contribution < -0.4 is 30.7 Å². The van der Waals surface area contributed by atoms with Gasteiger partial charge in [0.2, 0.25) is 0 Å². The summed E-state index contributed by atoms with van der Waals surface area (Å²) in [6, 6.07) is 55.0. The number of hydrogen-bond acceptors (Lipinski definition) is 3. The lowest BCUT2D eigenvalue weighted by Crippen LogP contribution is -2.61. The van der Waals surface area contributed by atoms with Crippen molar-refractivity contribution in [2.75, 3.05) is 9.80 Å². The van der Waals surface area contributed by atoms with Crippen molar-refractivity contribution in [3.63, 3.8) is 0 Å². The number of fused-ring (bicyclic) bond motifs is 9. The first-order valence-electron chi connectivity index (χ1n) is 30.9. The van der Waals surface area contributed by atoms with Gasteiger partial charge in [0.1, 0.15) is 0 Å². The minimum absolute atomic E-state index is 0.00961. The lowest BCUT2D eigenvalue weighted by Gasteiger charge is -2.48. The maximum absolute atomic E-state index is 2.79. The Labute approximate surface area is 492 Å². The minimum Gasteiger partial charge on any atom is -0.311 e. The highest BCUT2D eigenvalue weighted by Gasteiger charge is 2.50. The number of nitrogens with zero attached hydrogens (tertiary/aromatic N) is 2. The molecule has 5 aliphatic rings. The van der Waals surface area contributed by atoms with Crippen LogP contribution in [0.25, 0.3) is 10.1 Å². The second-order valence-corrected chi connectivity index (χ2v) is 37.9. The summed E-state index contributed by atoms with van der Waals surface area (Å²) in [7, 11) is -1.58. The SMILES string of the molecule is CC(C)(C)c1ccc2sc3c(c2c1)N(c1ccc2c(c1)C(C)(C)CCC2(C)C)c1cc(C(c2ccccc2)c2ccc([Si](C)(C)C)cc2)cc2c1B3c1cc3c(cc1N2c1ccc2c(c1)C(C)(C)CCC2(C)C)C(C)(C)CCC3(C)C. The fourth-order valence-corrected chi connectivity index (χ4v) is 18.0. The molecule has 1 atom stereocenters. The molecule has 1 aromatic heterocycles. The number of hydrogen-bond donors (Lipinski definition) is 0.